The summed E-state index contributed by atoms with van der Waals surface area (Å²) >= 11 is 3.59. The highest BCUT2D eigenvalue weighted by atomic mass is 79.9. The van der Waals surface area contributed by atoms with Crippen LogP contribution < -0.4 is 5.32 Å². The number of nitrogens with zero attached hydrogens (tertiary/aromatic N) is 2. The van der Waals surface area contributed by atoms with Crippen LogP contribution in [0.1, 0.15) is 18.4 Å². The van der Waals surface area contributed by atoms with Crippen molar-refractivity contribution in [3.8, 4) is 0 Å². The van der Waals surface area contributed by atoms with Gasteiger partial charge >= 0.3 is 0 Å². The van der Waals surface area contributed by atoms with Gasteiger partial charge < -0.3 is 10.2 Å². The fraction of sp³-hybridized carbons (Fsp3) is 0.562. The van der Waals surface area contributed by atoms with E-state index in [9.17, 15) is 4.79 Å². The Labute approximate surface area is 134 Å². The van der Waals surface area contributed by atoms with Gasteiger partial charge in [0, 0.05) is 43.2 Å². The quantitative estimate of drug-likeness (QED) is 0.879. The monoisotopic (exact) mass is 351 g/mol. The Morgan fingerprint density at radius 3 is 2.67 bits per heavy atom. The summed E-state index contributed by atoms with van der Waals surface area (Å²) < 4.78 is 1.09. The van der Waals surface area contributed by atoms with Crippen LogP contribution in [0.2, 0.25) is 0 Å². The number of benzene rings is 1. The van der Waals surface area contributed by atoms with Gasteiger partial charge in [-0.2, -0.15) is 0 Å². The van der Waals surface area contributed by atoms with Crippen LogP contribution in [0.15, 0.2) is 28.7 Å². The predicted octanol–water partition coefficient (Wildman–Crippen LogP) is 1.85. The first-order chi connectivity index (χ1) is 10.2. The molecule has 1 aliphatic heterocycles. The van der Waals surface area contributed by atoms with E-state index in [4.69, 9.17) is 0 Å². The van der Waals surface area contributed by atoms with Crippen LogP contribution in [0.5, 0.6) is 0 Å². The van der Waals surface area contributed by atoms with Gasteiger partial charge in [-0.25, -0.2) is 0 Å². The Morgan fingerprint density at radius 1 is 1.29 bits per heavy atom. The van der Waals surface area contributed by atoms with Gasteiger partial charge in [0.15, 0.2) is 0 Å². The minimum absolute atomic E-state index is 0.273. The highest BCUT2D eigenvalue weighted by Crippen LogP contribution is 2.30. The van der Waals surface area contributed by atoms with Gasteiger partial charge in [-0.15, -0.1) is 0 Å². The molecule has 21 heavy (non-hydrogen) atoms. The van der Waals surface area contributed by atoms with Crippen LogP contribution in [0.25, 0.3) is 0 Å². The molecule has 3 rings (SSSR count). The first kappa shape index (κ1) is 15.0. The van der Waals surface area contributed by atoms with Crippen molar-refractivity contribution in [3.05, 3.63) is 34.3 Å². The molecule has 1 saturated carbocycles. The minimum Gasteiger partial charge on any atom is -0.334 e. The lowest BCUT2D eigenvalue weighted by molar-refractivity contribution is -0.133. The number of rotatable bonds is 5. The average Bonchev–Trinajstić information content (AvgIpc) is 3.32. The molecule has 1 aliphatic carbocycles. The van der Waals surface area contributed by atoms with Crippen molar-refractivity contribution in [2.24, 2.45) is 0 Å². The molecule has 114 valence electrons. The zero-order chi connectivity index (χ0) is 14.7. The number of carbonyl (C=O) groups is 1. The van der Waals surface area contributed by atoms with Crippen LogP contribution >= 0.6 is 15.9 Å². The largest absolute Gasteiger partial charge is 0.334 e. The van der Waals surface area contributed by atoms with Crippen molar-refractivity contribution in [2.45, 2.75) is 25.4 Å². The fourth-order valence-electron chi connectivity index (χ4n) is 2.77. The van der Waals surface area contributed by atoms with Gasteiger partial charge in [0.05, 0.1) is 6.54 Å². The van der Waals surface area contributed by atoms with Crippen LogP contribution in [-0.4, -0.2) is 54.5 Å². The van der Waals surface area contributed by atoms with Crippen molar-refractivity contribution >= 4 is 21.8 Å². The summed E-state index contributed by atoms with van der Waals surface area (Å²) in [5.74, 6) is 0.273. The van der Waals surface area contributed by atoms with Gasteiger partial charge in [0.25, 0.3) is 0 Å². The first-order valence-electron chi connectivity index (χ1n) is 7.70. The van der Waals surface area contributed by atoms with Crippen LogP contribution in [0, 0.1) is 0 Å². The number of piperazine rings is 1. The molecule has 0 unspecified atom stereocenters. The molecule has 0 atom stereocenters. The molecule has 1 saturated heterocycles. The fourth-order valence-corrected chi connectivity index (χ4v) is 3.18. The van der Waals surface area contributed by atoms with Crippen molar-refractivity contribution in [1.29, 1.82) is 0 Å². The molecule has 0 bridgehead atoms. The second kappa shape index (κ2) is 6.90. The number of halogens is 1. The number of nitrogens with one attached hydrogen (secondary N) is 1. The lowest BCUT2D eigenvalue weighted by Crippen LogP contribution is -2.48. The van der Waals surface area contributed by atoms with Gasteiger partial charge in [0.2, 0.25) is 5.91 Å². The summed E-state index contributed by atoms with van der Waals surface area (Å²) in [5.41, 5.74) is 1.19. The van der Waals surface area contributed by atoms with Gasteiger partial charge in [-0.05, 0) is 24.5 Å². The zero-order valence-corrected chi connectivity index (χ0v) is 13.8. The maximum Gasteiger partial charge on any atom is 0.237 e. The Morgan fingerprint density at radius 2 is 2.00 bits per heavy atom. The molecular formula is C16H22BrN3O. The third kappa shape index (κ3) is 4.05. The second-order valence-electron chi connectivity index (χ2n) is 5.87. The summed E-state index contributed by atoms with van der Waals surface area (Å²) in [4.78, 5) is 17.0. The van der Waals surface area contributed by atoms with E-state index in [0.717, 1.165) is 50.0 Å². The highest BCUT2D eigenvalue weighted by Gasteiger charge is 2.33. The second-order valence-corrected chi connectivity index (χ2v) is 6.72. The van der Waals surface area contributed by atoms with Crippen molar-refractivity contribution in [2.75, 3.05) is 32.7 Å². The molecule has 2 aliphatic rings. The number of amides is 1. The van der Waals surface area contributed by atoms with E-state index in [-0.39, 0.29) is 5.91 Å². The van der Waals surface area contributed by atoms with E-state index >= 15 is 0 Å². The van der Waals surface area contributed by atoms with Crippen molar-refractivity contribution < 1.29 is 4.79 Å². The molecule has 4 nitrogen and oxygen atoms in total. The molecular weight excluding hydrogens is 330 g/mol. The molecule has 2 fully saturated rings. The van der Waals surface area contributed by atoms with Crippen LogP contribution in [0.4, 0.5) is 0 Å². The number of hydrogen-bond acceptors (Lipinski definition) is 3. The maximum absolute atomic E-state index is 12.7. The average molecular weight is 352 g/mol. The molecule has 1 heterocycles. The smallest absolute Gasteiger partial charge is 0.237 e. The lowest BCUT2D eigenvalue weighted by Gasteiger charge is -2.30. The van der Waals surface area contributed by atoms with E-state index in [2.05, 4.69) is 37.1 Å². The van der Waals surface area contributed by atoms with Gasteiger partial charge in [-0.1, -0.05) is 34.1 Å². The molecule has 1 aromatic rings. The van der Waals surface area contributed by atoms with Crippen LogP contribution in [0.3, 0.4) is 0 Å². The van der Waals surface area contributed by atoms with Crippen LogP contribution in [-0.2, 0) is 11.3 Å². The predicted molar refractivity (Wildman–Crippen MR) is 87.0 cm³/mol. The number of hydrogen-bond donors (Lipinski definition) is 1. The molecule has 1 amide bonds. The summed E-state index contributed by atoms with van der Waals surface area (Å²) in [7, 11) is 0. The molecule has 1 N–H and O–H groups in total. The topological polar surface area (TPSA) is 35.6 Å². The molecule has 1 aromatic carbocycles. The third-order valence-corrected chi connectivity index (χ3v) is 4.95. The van der Waals surface area contributed by atoms with Gasteiger partial charge in [0.1, 0.15) is 0 Å². The standard InChI is InChI=1S/C16H22BrN3O/c17-15-4-2-1-3-13(15)11-20(14-5-6-14)16(21)12-19-9-7-18-8-10-19/h1-4,14,18H,5-12H2. The lowest BCUT2D eigenvalue weighted by atomic mass is 10.2. The third-order valence-electron chi connectivity index (χ3n) is 4.18. The van der Waals surface area contributed by atoms with E-state index < -0.39 is 0 Å². The maximum atomic E-state index is 12.7. The Hall–Kier alpha value is -0.910. The number of carbonyl (C=O) groups excluding carboxylic acids is 1. The van der Waals surface area contributed by atoms with E-state index in [1.165, 1.54) is 5.56 Å². The Bertz CT molecular complexity index is 498. The Kier molecular flexibility index (Phi) is 4.93. The van der Waals surface area contributed by atoms with E-state index in [1.807, 2.05) is 18.2 Å². The first-order valence-corrected chi connectivity index (χ1v) is 8.49. The molecule has 0 spiro atoms. The summed E-state index contributed by atoms with van der Waals surface area (Å²) in [6, 6.07) is 8.63. The highest BCUT2D eigenvalue weighted by molar-refractivity contribution is 9.10. The van der Waals surface area contributed by atoms with E-state index in [0.29, 0.717) is 12.6 Å². The molecule has 0 aromatic heterocycles. The Balaban J connectivity index is 1.63. The SMILES string of the molecule is O=C(CN1CCNCC1)N(Cc1ccccc1Br)C1CC1. The summed E-state index contributed by atoms with van der Waals surface area (Å²) in [6.45, 7) is 5.19. The van der Waals surface area contributed by atoms with Crippen molar-refractivity contribution in [3.63, 3.8) is 0 Å². The van der Waals surface area contributed by atoms with E-state index in [1.54, 1.807) is 0 Å². The molecule has 5 heteroatoms. The summed E-state index contributed by atoms with van der Waals surface area (Å²) in [5, 5.41) is 3.33. The minimum atomic E-state index is 0.273. The normalized spacial score (nSPS) is 19.5. The summed E-state index contributed by atoms with van der Waals surface area (Å²) in [6.07, 6.45) is 2.30. The molecule has 0 radical (unpaired) electrons. The zero-order valence-electron chi connectivity index (χ0n) is 12.2. The van der Waals surface area contributed by atoms with Crippen molar-refractivity contribution in [1.82, 2.24) is 15.1 Å². The van der Waals surface area contributed by atoms with Gasteiger partial charge in [-0.3, -0.25) is 9.69 Å².